The highest BCUT2D eigenvalue weighted by atomic mass is 16.6. The Morgan fingerprint density at radius 2 is 2.14 bits per heavy atom. The van der Waals surface area contributed by atoms with Crippen molar-refractivity contribution in [3.8, 4) is 0 Å². The minimum atomic E-state index is 0.486. The van der Waals surface area contributed by atoms with E-state index in [-0.39, 0.29) is 0 Å². The molecule has 0 N–H and O–H groups in total. The summed E-state index contributed by atoms with van der Waals surface area (Å²) in [7, 11) is 0. The zero-order valence-electron chi connectivity index (χ0n) is 4.18. The molecule has 1 heterocycles. The molecule has 2 rings (SSSR count). The van der Waals surface area contributed by atoms with Gasteiger partial charge in [0.25, 0.3) is 0 Å². The van der Waals surface area contributed by atoms with Gasteiger partial charge in [-0.25, -0.2) is 0 Å². The zero-order valence-corrected chi connectivity index (χ0v) is 4.18. The molecule has 0 bridgehead atoms. The van der Waals surface area contributed by atoms with Crippen LogP contribution in [-0.2, 0) is 4.74 Å². The molecule has 1 atom stereocenters. The van der Waals surface area contributed by atoms with E-state index in [0.717, 1.165) is 11.7 Å². The van der Waals surface area contributed by atoms with Crippen LogP contribution in [0.2, 0.25) is 0 Å². The molecule has 2 fully saturated rings. The van der Waals surface area contributed by atoms with E-state index in [1.54, 1.807) is 0 Å². The third-order valence-corrected chi connectivity index (χ3v) is 1.59. The second kappa shape index (κ2) is 0.857. The third kappa shape index (κ3) is 0.441. The fourth-order valence-corrected chi connectivity index (χ4v) is 0.887. The average Bonchev–Trinajstić information content (AvgIpc) is 2.23. The van der Waals surface area contributed by atoms with Crippen LogP contribution in [0.15, 0.2) is 12.3 Å². The molecular weight excluding hydrogens is 88.1 g/mol. The highest BCUT2D eigenvalue weighted by Crippen LogP contribution is 2.45. The molecule has 0 radical (unpaired) electrons. The van der Waals surface area contributed by atoms with Gasteiger partial charge in [-0.2, -0.15) is 0 Å². The molecular formula is C6H8O. The van der Waals surface area contributed by atoms with Crippen LogP contribution in [-0.4, -0.2) is 6.10 Å². The molecule has 1 saturated carbocycles. The normalized spacial score (nSPS) is 37.7. The molecule has 0 amide bonds. The van der Waals surface area contributed by atoms with E-state index in [2.05, 4.69) is 6.58 Å². The van der Waals surface area contributed by atoms with Crippen LogP contribution in [0.4, 0.5) is 0 Å². The molecule has 38 valence electrons. The topological polar surface area (TPSA) is 12.5 Å². The Hall–Kier alpha value is -0.460. The van der Waals surface area contributed by atoms with Crippen LogP contribution in [0.3, 0.4) is 0 Å². The average molecular weight is 96.1 g/mol. The Kier molecular flexibility index (Phi) is 0.432. The van der Waals surface area contributed by atoms with Gasteiger partial charge in [0.05, 0.1) is 0 Å². The van der Waals surface area contributed by atoms with Crippen molar-refractivity contribution in [1.82, 2.24) is 0 Å². The van der Waals surface area contributed by atoms with E-state index in [1.807, 2.05) is 0 Å². The van der Waals surface area contributed by atoms with Crippen molar-refractivity contribution in [1.29, 1.82) is 0 Å². The van der Waals surface area contributed by atoms with E-state index in [1.165, 1.54) is 12.8 Å². The van der Waals surface area contributed by atoms with Gasteiger partial charge in [0.1, 0.15) is 5.76 Å². The second-order valence-corrected chi connectivity index (χ2v) is 2.34. The van der Waals surface area contributed by atoms with Gasteiger partial charge in [-0.1, -0.05) is 6.58 Å². The predicted octanol–water partition coefficient (Wildman–Crippen LogP) is 1.31. The first-order chi connectivity index (χ1) is 3.38. The van der Waals surface area contributed by atoms with E-state index in [0.29, 0.717) is 6.10 Å². The third-order valence-electron chi connectivity index (χ3n) is 1.59. The molecule has 1 aliphatic heterocycles. The Morgan fingerprint density at radius 1 is 1.57 bits per heavy atom. The molecule has 0 aromatic carbocycles. The number of rotatable bonds is 1. The summed E-state index contributed by atoms with van der Waals surface area (Å²) in [5.41, 5.74) is 0. The van der Waals surface area contributed by atoms with Crippen molar-refractivity contribution in [3.05, 3.63) is 12.3 Å². The SMILES string of the molecule is C=C1OC1C1CC1. The van der Waals surface area contributed by atoms with Gasteiger partial charge in [0.2, 0.25) is 0 Å². The minimum Gasteiger partial charge on any atom is -0.483 e. The molecule has 0 spiro atoms. The lowest BCUT2D eigenvalue weighted by molar-refractivity contribution is 0.402. The second-order valence-electron chi connectivity index (χ2n) is 2.34. The monoisotopic (exact) mass is 96.1 g/mol. The predicted molar refractivity (Wildman–Crippen MR) is 26.7 cm³/mol. The molecule has 7 heavy (non-hydrogen) atoms. The van der Waals surface area contributed by atoms with Crippen LogP contribution in [0.5, 0.6) is 0 Å². The first-order valence-corrected chi connectivity index (χ1v) is 2.73. The zero-order chi connectivity index (χ0) is 4.85. The van der Waals surface area contributed by atoms with Crippen LogP contribution >= 0.6 is 0 Å². The van der Waals surface area contributed by atoms with E-state index in [4.69, 9.17) is 4.74 Å². The van der Waals surface area contributed by atoms with Crippen molar-refractivity contribution < 1.29 is 4.74 Å². The van der Waals surface area contributed by atoms with Crippen LogP contribution in [0.25, 0.3) is 0 Å². The lowest BCUT2D eigenvalue weighted by atomic mass is 10.3. The number of hydrogen-bond acceptors (Lipinski definition) is 1. The Bertz CT molecular complexity index is 113. The summed E-state index contributed by atoms with van der Waals surface area (Å²) < 4.78 is 5.05. The summed E-state index contributed by atoms with van der Waals surface area (Å²) in [6, 6.07) is 0. The molecule has 1 saturated heterocycles. The Morgan fingerprint density at radius 3 is 2.29 bits per heavy atom. The van der Waals surface area contributed by atoms with Gasteiger partial charge < -0.3 is 4.74 Å². The van der Waals surface area contributed by atoms with Gasteiger partial charge in [-0.15, -0.1) is 0 Å². The van der Waals surface area contributed by atoms with Gasteiger partial charge in [-0.05, 0) is 12.8 Å². The number of ether oxygens (including phenoxy) is 1. The smallest absolute Gasteiger partial charge is 0.157 e. The van der Waals surface area contributed by atoms with Crippen molar-refractivity contribution in [2.75, 3.05) is 0 Å². The van der Waals surface area contributed by atoms with Gasteiger partial charge in [0.15, 0.2) is 6.10 Å². The van der Waals surface area contributed by atoms with Gasteiger partial charge in [-0.3, -0.25) is 0 Å². The Balaban J connectivity index is 1.99. The highest BCUT2D eigenvalue weighted by molar-refractivity contribution is 5.13. The summed E-state index contributed by atoms with van der Waals surface area (Å²) in [6.07, 6.45) is 3.22. The molecule has 1 nitrogen and oxygen atoms in total. The fourth-order valence-electron chi connectivity index (χ4n) is 0.887. The van der Waals surface area contributed by atoms with Crippen molar-refractivity contribution in [3.63, 3.8) is 0 Å². The quantitative estimate of drug-likeness (QED) is 0.448. The number of epoxide rings is 1. The molecule has 1 unspecified atom stereocenters. The highest BCUT2D eigenvalue weighted by Gasteiger charge is 2.44. The van der Waals surface area contributed by atoms with Crippen molar-refractivity contribution in [2.24, 2.45) is 5.92 Å². The lowest BCUT2D eigenvalue weighted by Gasteiger charge is -1.72. The fraction of sp³-hybridized carbons (Fsp3) is 0.667. The van der Waals surface area contributed by atoms with Crippen LogP contribution in [0.1, 0.15) is 12.8 Å². The summed E-state index contributed by atoms with van der Waals surface area (Å²) in [5.74, 6) is 1.88. The largest absolute Gasteiger partial charge is 0.483 e. The van der Waals surface area contributed by atoms with Gasteiger partial charge in [0, 0.05) is 5.92 Å². The molecule has 2 aliphatic rings. The molecule has 1 aliphatic carbocycles. The minimum absolute atomic E-state index is 0.486. The van der Waals surface area contributed by atoms with Gasteiger partial charge >= 0.3 is 0 Å². The maximum atomic E-state index is 5.05. The van der Waals surface area contributed by atoms with E-state index in [9.17, 15) is 0 Å². The summed E-state index contributed by atoms with van der Waals surface area (Å²) in [6.45, 7) is 3.69. The number of hydrogen-bond donors (Lipinski definition) is 0. The van der Waals surface area contributed by atoms with Crippen LogP contribution < -0.4 is 0 Å². The van der Waals surface area contributed by atoms with Crippen molar-refractivity contribution in [2.45, 2.75) is 18.9 Å². The first-order valence-electron chi connectivity index (χ1n) is 2.73. The van der Waals surface area contributed by atoms with E-state index >= 15 is 0 Å². The summed E-state index contributed by atoms with van der Waals surface area (Å²) >= 11 is 0. The maximum Gasteiger partial charge on any atom is 0.157 e. The molecule has 1 heteroatoms. The van der Waals surface area contributed by atoms with Crippen molar-refractivity contribution >= 4 is 0 Å². The maximum absolute atomic E-state index is 5.05. The van der Waals surface area contributed by atoms with E-state index < -0.39 is 0 Å². The first kappa shape index (κ1) is 3.53. The summed E-state index contributed by atoms with van der Waals surface area (Å²) in [5, 5.41) is 0. The summed E-state index contributed by atoms with van der Waals surface area (Å²) in [4.78, 5) is 0. The standard InChI is InChI=1S/C6H8O/c1-4-6(7-4)5-2-3-5/h5-6H,1-3H2. The Labute approximate surface area is 43.0 Å². The van der Waals surface area contributed by atoms with Crippen LogP contribution in [0, 0.1) is 5.92 Å². The molecule has 0 aromatic rings. The molecule has 0 aromatic heterocycles. The lowest BCUT2D eigenvalue weighted by Crippen LogP contribution is -1.81.